The number of aryl methyl sites for hydroxylation is 1. The molecule has 21 heavy (non-hydrogen) atoms. The minimum Gasteiger partial charge on any atom is -0.478 e. The fourth-order valence-corrected chi connectivity index (χ4v) is 3.61. The molecule has 2 N–H and O–H groups in total. The average molecular weight is 311 g/mol. The molecule has 1 amide bonds. The number of carbonyl (C=O) groups excluding carboxylic acids is 1. The molecule has 1 aliphatic heterocycles. The Hall–Kier alpha value is -1.47. The van der Waals surface area contributed by atoms with E-state index >= 15 is 0 Å². The third kappa shape index (κ3) is 2.94. The van der Waals surface area contributed by atoms with Gasteiger partial charge in [-0.3, -0.25) is 4.79 Å². The van der Waals surface area contributed by atoms with Gasteiger partial charge >= 0.3 is 5.97 Å². The highest BCUT2D eigenvalue weighted by Crippen LogP contribution is 2.34. The van der Waals surface area contributed by atoms with Crippen LogP contribution in [0.25, 0.3) is 0 Å². The van der Waals surface area contributed by atoms with Crippen molar-refractivity contribution < 1.29 is 14.7 Å². The number of nitrogens with zero attached hydrogens (tertiary/aromatic N) is 2. The number of rotatable bonds is 3. The Balaban J connectivity index is 2.29. The molecule has 1 atom stereocenters. The number of carboxylic acid groups (broad SMARTS) is 1. The summed E-state index contributed by atoms with van der Waals surface area (Å²) in [6, 6.07) is -0.305. The van der Waals surface area contributed by atoms with Crippen molar-refractivity contribution in [2.24, 2.45) is 5.41 Å². The van der Waals surface area contributed by atoms with Crippen LogP contribution in [-0.4, -0.2) is 41.0 Å². The largest absolute Gasteiger partial charge is 0.478 e. The van der Waals surface area contributed by atoms with Gasteiger partial charge in [0.05, 0.1) is 11.7 Å². The van der Waals surface area contributed by atoms with Crippen molar-refractivity contribution in [2.45, 2.75) is 39.7 Å². The molecule has 1 aromatic heterocycles. The van der Waals surface area contributed by atoms with Gasteiger partial charge in [0.15, 0.2) is 0 Å². The second kappa shape index (κ2) is 5.73. The molecule has 6 nitrogen and oxygen atoms in total. The predicted octanol–water partition coefficient (Wildman–Crippen LogP) is 1.89. The first kappa shape index (κ1) is 15.9. The van der Waals surface area contributed by atoms with Crippen molar-refractivity contribution in [3.63, 3.8) is 0 Å². The lowest BCUT2D eigenvalue weighted by molar-refractivity contribution is -0.123. The summed E-state index contributed by atoms with van der Waals surface area (Å²) in [5, 5.41) is 12.9. The number of hydrogen-bond acceptors (Lipinski definition) is 5. The highest BCUT2D eigenvalue weighted by Gasteiger charge is 2.39. The zero-order valence-corrected chi connectivity index (χ0v) is 13.6. The van der Waals surface area contributed by atoms with Crippen LogP contribution in [0.2, 0.25) is 0 Å². The summed E-state index contributed by atoms with van der Waals surface area (Å²) in [7, 11) is 1.62. The summed E-state index contributed by atoms with van der Waals surface area (Å²) >= 11 is 1.05. The van der Waals surface area contributed by atoms with Crippen molar-refractivity contribution in [1.29, 1.82) is 0 Å². The van der Waals surface area contributed by atoms with Crippen molar-refractivity contribution in [2.75, 3.05) is 18.5 Å². The first-order chi connectivity index (χ1) is 9.75. The van der Waals surface area contributed by atoms with Crippen molar-refractivity contribution in [3.8, 4) is 0 Å². The van der Waals surface area contributed by atoms with Gasteiger partial charge in [0, 0.05) is 7.05 Å². The number of anilines is 1. The fraction of sp³-hybridized carbons (Fsp3) is 0.643. The number of aromatic carboxylic acids is 1. The third-order valence-electron chi connectivity index (χ3n) is 4.07. The van der Waals surface area contributed by atoms with Crippen LogP contribution in [0, 0.1) is 12.3 Å². The monoisotopic (exact) mass is 311 g/mol. The molecule has 1 saturated heterocycles. The molecule has 1 unspecified atom stereocenters. The Kier molecular flexibility index (Phi) is 4.34. The minimum absolute atomic E-state index is 0.106. The highest BCUT2D eigenvalue weighted by molar-refractivity contribution is 7.11. The number of nitrogens with one attached hydrogen (secondary N) is 1. The van der Waals surface area contributed by atoms with E-state index in [4.69, 9.17) is 0 Å². The number of likely N-dealkylation sites (N-methyl/N-ethyl adjacent to an activating group) is 1. The van der Waals surface area contributed by atoms with E-state index in [0.717, 1.165) is 30.9 Å². The van der Waals surface area contributed by atoms with Gasteiger partial charge in [0.1, 0.15) is 10.6 Å². The van der Waals surface area contributed by atoms with Crippen LogP contribution in [-0.2, 0) is 4.79 Å². The maximum Gasteiger partial charge on any atom is 0.340 e. The Morgan fingerprint density at radius 1 is 1.48 bits per heavy atom. The van der Waals surface area contributed by atoms with E-state index in [1.54, 1.807) is 14.0 Å². The average Bonchev–Trinajstić information content (AvgIpc) is 2.78. The van der Waals surface area contributed by atoms with Crippen LogP contribution < -0.4 is 10.2 Å². The van der Waals surface area contributed by atoms with Crippen LogP contribution >= 0.6 is 11.5 Å². The van der Waals surface area contributed by atoms with Crippen LogP contribution in [0.1, 0.15) is 42.7 Å². The fourth-order valence-electron chi connectivity index (χ4n) is 2.76. The summed E-state index contributed by atoms with van der Waals surface area (Å²) < 4.78 is 4.07. The summed E-state index contributed by atoms with van der Waals surface area (Å²) in [6.07, 6.45) is 2.01. The Morgan fingerprint density at radius 3 is 2.71 bits per heavy atom. The number of hydrogen-bond donors (Lipinski definition) is 2. The summed E-state index contributed by atoms with van der Waals surface area (Å²) in [5.74, 6) is -1.15. The molecule has 1 aromatic rings. The van der Waals surface area contributed by atoms with Gasteiger partial charge in [-0.25, -0.2) is 4.79 Å². The van der Waals surface area contributed by atoms with Crippen molar-refractivity contribution in [1.82, 2.24) is 9.69 Å². The zero-order chi connectivity index (χ0) is 15.8. The first-order valence-electron chi connectivity index (χ1n) is 6.96. The molecule has 0 bridgehead atoms. The number of piperidine rings is 1. The predicted molar refractivity (Wildman–Crippen MR) is 82.0 cm³/mol. The molecule has 7 heteroatoms. The van der Waals surface area contributed by atoms with E-state index in [0.29, 0.717) is 10.7 Å². The van der Waals surface area contributed by atoms with Crippen molar-refractivity contribution in [3.05, 3.63) is 11.3 Å². The topological polar surface area (TPSA) is 82.5 Å². The molecule has 0 aliphatic carbocycles. The van der Waals surface area contributed by atoms with Gasteiger partial charge in [-0.05, 0) is 43.3 Å². The molecule has 2 rings (SSSR count). The second-order valence-electron chi connectivity index (χ2n) is 6.13. The van der Waals surface area contributed by atoms with Crippen molar-refractivity contribution >= 4 is 28.4 Å². The molecular weight excluding hydrogens is 290 g/mol. The van der Waals surface area contributed by atoms with E-state index in [-0.39, 0.29) is 22.9 Å². The van der Waals surface area contributed by atoms with Gasteiger partial charge in [-0.15, -0.1) is 0 Å². The van der Waals surface area contributed by atoms with E-state index < -0.39 is 5.97 Å². The maximum absolute atomic E-state index is 12.7. The number of carboxylic acids is 1. The summed E-state index contributed by atoms with van der Waals surface area (Å²) in [5.41, 5.74) is 0.412. The lowest BCUT2D eigenvalue weighted by atomic mass is 9.77. The first-order valence-corrected chi connectivity index (χ1v) is 7.73. The van der Waals surface area contributed by atoms with Gasteiger partial charge in [-0.1, -0.05) is 13.8 Å². The highest BCUT2D eigenvalue weighted by atomic mass is 32.1. The molecule has 0 aromatic carbocycles. The Labute approximate surface area is 128 Å². The van der Waals surface area contributed by atoms with Gasteiger partial charge in [0.2, 0.25) is 5.91 Å². The minimum atomic E-state index is -1.05. The lowest BCUT2D eigenvalue weighted by Crippen LogP contribution is -2.56. The number of carbonyl (C=O) groups is 2. The molecule has 0 saturated carbocycles. The van der Waals surface area contributed by atoms with E-state index in [9.17, 15) is 14.7 Å². The quantitative estimate of drug-likeness (QED) is 0.891. The smallest absolute Gasteiger partial charge is 0.340 e. The molecule has 0 radical (unpaired) electrons. The molecule has 2 heterocycles. The standard InChI is InChI=1S/C14H21N3O3S/c1-8-9(13(19)20)12(21-16-8)17(4)11(18)10-14(2,3)6-5-7-15-10/h10,15H,5-7H2,1-4H3,(H,19,20). The maximum atomic E-state index is 12.7. The Morgan fingerprint density at radius 2 is 2.14 bits per heavy atom. The zero-order valence-electron chi connectivity index (χ0n) is 12.8. The summed E-state index contributed by atoms with van der Waals surface area (Å²) in [6.45, 7) is 6.57. The molecular formula is C14H21N3O3S. The van der Waals surface area contributed by atoms with Crippen LogP contribution in [0.4, 0.5) is 5.00 Å². The van der Waals surface area contributed by atoms with Gasteiger partial charge < -0.3 is 15.3 Å². The van der Waals surface area contributed by atoms with Gasteiger partial charge in [0.25, 0.3) is 0 Å². The number of amides is 1. The van der Waals surface area contributed by atoms with E-state index in [2.05, 4.69) is 23.5 Å². The number of aromatic nitrogens is 1. The van der Waals surface area contributed by atoms with E-state index in [1.807, 2.05) is 0 Å². The van der Waals surface area contributed by atoms with Crippen LogP contribution in [0.15, 0.2) is 0 Å². The van der Waals surface area contributed by atoms with Gasteiger partial charge in [-0.2, -0.15) is 4.37 Å². The third-order valence-corrected chi connectivity index (χ3v) is 5.08. The van der Waals surface area contributed by atoms with Crippen LogP contribution in [0.3, 0.4) is 0 Å². The Bertz CT molecular complexity index is 568. The van der Waals surface area contributed by atoms with Crippen LogP contribution in [0.5, 0.6) is 0 Å². The normalized spacial score (nSPS) is 21.0. The SMILES string of the molecule is Cc1nsc(N(C)C(=O)C2NCCCC2(C)C)c1C(=O)O. The molecule has 116 valence electrons. The molecule has 0 spiro atoms. The molecule has 1 fully saturated rings. The second-order valence-corrected chi connectivity index (χ2v) is 6.88. The lowest BCUT2D eigenvalue weighted by Gasteiger charge is -2.39. The van der Waals surface area contributed by atoms with E-state index in [1.165, 1.54) is 4.90 Å². The summed E-state index contributed by atoms with van der Waals surface area (Å²) in [4.78, 5) is 25.5. The molecule has 1 aliphatic rings.